The first-order chi connectivity index (χ1) is 13.2. The molecule has 0 amide bonds. The van der Waals surface area contributed by atoms with E-state index in [0.29, 0.717) is 6.61 Å². The molecule has 0 spiro atoms. The molecule has 0 unspecified atom stereocenters. The minimum Gasteiger partial charge on any atom is -0.497 e. The number of benzene rings is 1. The first-order valence-electron chi connectivity index (χ1n) is 8.93. The molecule has 3 aromatic rings. The molecule has 1 aliphatic rings. The number of methoxy groups -OCH3 is 1. The van der Waals surface area contributed by atoms with Crippen molar-refractivity contribution in [3.8, 4) is 16.6 Å². The second-order valence-electron chi connectivity index (χ2n) is 6.49. The fourth-order valence-electron chi connectivity index (χ4n) is 3.00. The van der Waals surface area contributed by atoms with Crippen LogP contribution < -0.4 is 14.4 Å². The van der Waals surface area contributed by atoms with Crippen LogP contribution in [0.3, 0.4) is 0 Å². The number of aromatic nitrogens is 3. The molecule has 1 aliphatic heterocycles. The van der Waals surface area contributed by atoms with E-state index in [1.165, 1.54) is 0 Å². The lowest BCUT2D eigenvalue weighted by molar-refractivity contribution is 0.297. The standard InChI is InChI=1S/C19H23N5O2S/c1-22-9-11-23(12-10-22)18-20-21-19(27-18)24-8-4-5-15(24)14-26-17-7-3-6-16(13-17)25-2/h3-8,13H,9-12,14H2,1-2H3. The lowest BCUT2D eigenvalue weighted by Crippen LogP contribution is -2.44. The van der Waals surface area contributed by atoms with Crippen molar-refractivity contribution in [3.05, 3.63) is 48.3 Å². The van der Waals surface area contributed by atoms with Gasteiger partial charge >= 0.3 is 0 Å². The monoisotopic (exact) mass is 385 g/mol. The van der Waals surface area contributed by atoms with Crippen LogP contribution in [-0.2, 0) is 6.61 Å². The molecule has 0 N–H and O–H groups in total. The van der Waals surface area contributed by atoms with Crippen molar-refractivity contribution >= 4 is 16.5 Å². The Morgan fingerprint density at radius 3 is 2.59 bits per heavy atom. The fourth-order valence-corrected chi connectivity index (χ4v) is 3.91. The third-order valence-electron chi connectivity index (χ3n) is 4.64. The average molecular weight is 385 g/mol. The smallest absolute Gasteiger partial charge is 0.218 e. The molecule has 0 atom stereocenters. The highest BCUT2D eigenvalue weighted by atomic mass is 32.1. The lowest BCUT2D eigenvalue weighted by atomic mass is 10.3. The predicted octanol–water partition coefficient (Wildman–Crippen LogP) is 2.67. The average Bonchev–Trinajstić information content (AvgIpc) is 3.36. The van der Waals surface area contributed by atoms with Crippen LogP contribution in [0, 0.1) is 0 Å². The van der Waals surface area contributed by atoms with E-state index in [9.17, 15) is 0 Å². The van der Waals surface area contributed by atoms with Crippen molar-refractivity contribution in [3.63, 3.8) is 0 Å². The molecular weight excluding hydrogens is 362 g/mol. The summed E-state index contributed by atoms with van der Waals surface area (Å²) >= 11 is 1.61. The Hall–Kier alpha value is -2.58. The van der Waals surface area contributed by atoms with Crippen molar-refractivity contribution in [2.24, 2.45) is 0 Å². The van der Waals surface area contributed by atoms with Gasteiger partial charge in [-0.1, -0.05) is 17.4 Å². The Morgan fingerprint density at radius 2 is 1.78 bits per heavy atom. The number of nitrogens with zero attached hydrogens (tertiary/aromatic N) is 5. The SMILES string of the molecule is COc1cccc(OCc2cccn2-c2nnc(N3CCN(C)CC3)s2)c1. The number of hydrogen-bond donors (Lipinski definition) is 0. The van der Waals surface area contributed by atoms with E-state index in [0.717, 1.165) is 53.6 Å². The lowest BCUT2D eigenvalue weighted by Gasteiger charge is -2.31. The molecule has 8 heteroatoms. The molecule has 142 valence electrons. The van der Waals surface area contributed by atoms with Crippen molar-refractivity contribution < 1.29 is 9.47 Å². The van der Waals surface area contributed by atoms with E-state index in [2.05, 4.69) is 27.0 Å². The second-order valence-corrected chi connectivity index (χ2v) is 7.43. The van der Waals surface area contributed by atoms with Crippen LogP contribution >= 0.6 is 11.3 Å². The molecule has 3 heterocycles. The van der Waals surface area contributed by atoms with E-state index in [1.54, 1.807) is 18.4 Å². The van der Waals surface area contributed by atoms with Crippen LogP contribution in [0.25, 0.3) is 5.13 Å². The van der Waals surface area contributed by atoms with Gasteiger partial charge in [-0.2, -0.15) is 0 Å². The number of anilines is 1. The zero-order chi connectivity index (χ0) is 18.6. The van der Waals surface area contributed by atoms with Crippen LogP contribution in [0.1, 0.15) is 5.69 Å². The van der Waals surface area contributed by atoms with Gasteiger partial charge in [0.1, 0.15) is 18.1 Å². The minimum atomic E-state index is 0.448. The summed E-state index contributed by atoms with van der Waals surface area (Å²) in [5.41, 5.74) is 1.03. The molecule has 0 bridgehead atoms. The first kappa shape index (κ1) is 17.8. The first-order valence-corrected chi connectivity index (χ1v) is 9.75. The summed E-state index contributed by atoms with van der Waals surface area (Å²) in [6, 6.07) is 11.7. The van der Waals surface area contributed by atoms with E-state index in [4.69, 9.17) is 9.47 Å². The number of rotatable bonds is 6. The Balaban J connectivity index is 1.45. The van der Waals surface area contributed by atoms with Crippen molar-refractivity contribution in [2.45, 2.75) is 6.61 Å². The Morgan fingerprint density at radius 1 is 1.00 bits per heavy atom. The molecule has 0 aliphatic carbocycles. The van der Waals surface area contributed by atoms with Gasteiger partial charge in [0.2, 0.25) is 10.3 Å². The van der Waals surface area contributed by atoms with E-state index in [-0.39, 0.29) is 0 Å². The van der Waals surface area contributed by atoms with Crippen molar-refractivity contribution in [1.82, 2.24) is 19.7 Å². The van der Waals surface area contributed by atoms with Gasteiger partial charge in [-0.15, -0.1) is 10.2 Å². The van der Waals surface area contributed by atoms with Crippen LogP contribution in [-0.4, -0.2) is 60.0 Å². The van der Waals surface area contributed by atoms with Crippen molar-refractivity contribution in [1.29, 1.82) is 0 Å². The van der Waals surface area contributed by atoms with Gasteiger partial charge in [-0.3, -0.25) is 4.57 Å². The molecule has 7 nitrogen and oxygen atoms in total. The van der Waals surface area contributed by atoms with Gasteiger partial charge in [0, 0.05) is 38.4 Å². The molecular formula is C19H23N5O2S. The van der Waals surface area contributed by atoms with Gasteiger partial charge in [0.25, 0.3) is 0 Å². The number of likely N-dealkylation sites (N-methyl/N-ethyl adjacent to an activating group) is 1. The Bertz CT molecular complexity index is 886. The summed E-state index contributed by atoms with van der Waals surface area (Å²) in [6.07, 6.45) is 2.00. The molecule has 1 fully saturated rings. The normalized spacial score (nSPS) is 15.1. The highest BCUT2D eigenvalue weighted by Gasteiger charge is 2.19. The summed E-state index contributed by atoms with van der Waals surface area (Å²) in [7, 11) is 3.80. The van der Waals surface area contributed by atoms with E-state index >= 15 is 0 Å². The summed E-state index contributed by atoms with van der Waals surface area (Å²) in [4.78, 5) is 4.63. The molecule has 1 saturated heterocycles. The maximum Gasteiger partial charge on any atom is 0.218 e. The van der Waals surface area contributed by atoms with Gasteiger partial charge in [-0.25, -0.2) is 0 Å². The van der Waals surface area contributed by atoms with Crippen LogP contribution in [0.5, 0.6) is 11.5 Å². The third kappa shape index (κ3) is 4.06. The van der Waals surface area contributed by atoms with Crippen LogP contribution in [0.2, 0.25) is 0 Å². The van der Waals surface area contributed by atoms with Gasteiger partial charge in [0.15, 0.2) is 0 Å². The maximum absolute atomic E-state index is 5.93. The zero-order valence-electron chi connectivity index (χ0n) is 15.5. The maximum atomic E-state index is 5.93. The van der Waals surface area contributed by atoms with Crippen LogP contribution in [0.4, 0.5) is 5.13 Å². The molecule has 1 aromatic carbocycles. The number of ether oxygens (including phenoxy) is 2. The molecule has 27 heavy (non-hydrogen) atoms. The highest BCUT2D eigenvalue weighted by Crippen LogP contribution is 2.26. The molecule has 4 rings (SSSR count). The topological polar surface area (TPSA) is 55.7 Å². The summed E-state index contributed by atoms with van der Waals surface area (Å²) in [5, 5.41) is 10.6. The van der Waals surface area contributed by atoms with Gasteiger partial charge in [-0.05, 0) is 31.3 Å². The number of piperazine rings is 1. The van der Waals surface area contributed by atoms with Crippen LogP contribution in [0.15, 0.2) is 42.6 Å². The van der Waals surface area contributed by atoms with E-state index < -0.39 is 0 Å². The third-order valence-corrected chi connectivity index (χ3v) is 5.63. The molecule has 0 saturated carbocycles. The largest absolute Gasteiger partial charge is 0.497 e. The minimum absolute atomic E-state index is 0.448. The summed E-state index contributed by atoms with van der Waals surface area (Å²) in [6.45, 7) is 4.53. The molecule has 2 aromatic heterocycles. The second kappa shape index (κ2) is 7.98. The fraction of sp³-hybridized carbons (Fsp3) is 0.368. The van der Waals surface area contributed by atoms with Gasteiger partial charge in [0.05, 0.1) is 12.8 Å². The molecule has 0 radical (unpaired) electrons. The van der Waals surface area contributed by atoms with Crippen molar-refractivity contribution in [2.75, 3.05) is 45.2 Å². The summed E-state index contributed by atoms with van der Waals surface area (Å²) in [5.74, 6) is 1.56. The quantitative estimate of drug-likeness (QED) is 0.650. The Kier molecular flexibility index (Phi) is 5.26. The highest BCUT2D eigenvalue weighted by molar-refractivity contribution is 7.17. The Labute approximate surface area is 162 Å². The van der Waals surface area contributed by atoms with Gasteiger partial charge < -0.3 is 19.3 Å². The zero-order valence-corrected chi connectivity index (χ0v) is 16.4. The summed E-state index contributed by atoms with van der Waals surface area (Å²) < 4.78 is 13.2. The predicted molar refractivity (Wildman–Crippen MR) is 106 cm³/mol. The number of hydrogen-bond acceptors (Lipinski definition) is 7. The van der Waals surface area contributed by atoms with E-state index in [1.807, 2.05) is 47.2 Å².